The Bertz CT molecular complexity index is 1140. The minimum absolute atomic E-state index is 0.0457. The maximum Gasteiger partial charge on any atom is 0.338 e. The number of carbonyl (C=O) groups is 2. The van der Waals surface area contributed by atoms with Crippen molar-refractivity contribution in [2.75, 3.05) is 26.8 Å². The van der Waals surface area contributed by atoms with Crippen LogP contribution >= 0.6 is 0 Å². The molecule has 176 valence electrons. The Morgan fingerprint density at radius 3 is 2.61 bits per heavy atom. The standard InChI is InChI=1S/C24H28N2O6S/c1-31-21-12-11-18(15-22(21)33(29,30)26-13-4-5-14-26)24(28)32-16-23(27)25-20-10-6-8-17-7-2-3-9-19(17)20/h2-3,7,9,11-12,15,20H,4-6,8,10,13-14,16H2,1H3,(H,25,27)/t20-/m1/s1. The Hall–Kier alpha value is -2.91. The van der Waals surface area contributed by atoms with Gasteiger partial charge in [-0.2, -0.15) is 4.31 Å². The van der Waals surface area contributed by atoms with Crippen LogP contribution in [-0.4, -0.2) is 51.4 Å². The maximum absolute atomic E-state index is 13.0. The molecule has 1 fully saturated rings. The number of sulfonamides is 1. The zero-order chi connectivity index (χ0) is 23.4. The second-order valence-electron chi connectivity index (χ2n) is 8.26. The molecule has 33 heavy (non-hydrogen) atoms. The van der Waals surface area contributed by atoms with Crippen molar-refractivity contribution >= 4 is 21.9 Å². The van der Waals surface area contributed by atoms with Gasteiger partial charge in [0.05, 0.1) is 18.7 Å². The minimum atomic E-state index is -3.80. The topological polar surface area (TPSA) is 102 Å². The molecule has 0 unspecified atom stereocenters. The predicted octanol–water partition coefficient (Wildman–Crippen LogP) is 2.83. The summed E-state index contributed by atoms with van der Waals surface area (Å²) in [4.78, 5) is 25.0. The number of nitrogens with zero attached hydrogens (tertiary/aromatic N) is 1. The van der Waals surface area contributed by atoms with Crippen molar-refractivity contribution in [2.24, 2.45) is 0 Å². The first-order valence-corrected chi connectivity index (χ1v) is 12.6. The molecule has 1 aliphatic carbocycles. The molecule has 9 heteroatoms. The summed E-state index contributed by atoms with van der Waals surface area (Å²) in [6.07, 6.45) is 4.38. The van der Waals surface area contributed by atoms with Gasteiger partial charge in [0.25, 0.3) is 5.91 Å². The molecule has 1 N–H and O–H groups in total. The molecule has 0 spiro atoms. The Morgan fingerprint density at radius 2 is 1.85 bits per heavy atom. The van der Waals surface area contributed by atoms with Crippen LogP contribution in [0.2, 0.25) is 0 Å². The fourth-order valence-electron chi connectivity index (χ4n) is 4.43. The highest BCUT2D eigenvalue weighted by Gasteiger charge is 2.31. The number of esters is 1. The first-order valence-electron chi connectivity index (χ1n) is 11.1. The zero-order valence-corrected chi connectivity index (χ0v) is 19.4. The lowest BCUT2D eigenvalue weighted by Crippen LogP contribution is -2.34. The number of methoxy groups -OCH3 is 1. The second-order valence-corrected chi connectivity index (χ2v) is 10.2. The molecule has 1 aliphatic heterocycles. The number of ether oxygens (including phenoxy) is 2. The van der Waals surface area contributed by atoms with E-state index in [-0.39, 0.29) is 22.3 Å². The molecular weight excluding hydrogens is 444 g/mol. The van der Waals surface area contributed by atoms with Crippen molar-refractivity contribution in [3.05, 3.63) is 59.2 Å². The van der Waals surface area contributed by atoms with Gasteiger partial charge < -0.3 is 14.8 Å². The van der Waals surface area contributed by atoms with Crippen molar-refractivity contribution < 1.29 is 27.5 Å². The van der Waals surface area contributed by atoms with E-state index in [0.29, 0.717) is 13.1 Å². The zero-order valence-electron chi connectivity index (χ0n) is 18.6. The average molecular weight is 473 g/mol. The summed E-state index contributed by atoms with van der Waals surface area (Å²) < 4.78 is 37.8. The molecule has 8 nitrogen and oxygen atoms in total. The van der Waals surface area contributed by atoms with Gasteiger partial charge in [0.2, 0.25) is 10.0 Å². The molecule has 2 aromatic carbocycles. The Kier molecular flexibility index (Phi) is 6.99. The van der Waals surface area contributed by atoms with Crippen molar-refractivity contribution in [2.45, 2.75) is 43.0 Å². The van der Waals surface area contributed by atoms with Crippen LogP contribution in [0.4, 0.5) is 0 Å². The largest absolute Gasteiger partial charge is 0.495 e. The second kappa shape index (κ2) is 9.93. The van der Waals surface area contributed by atoms with Crippen LogP contribution in [0.5, 0.6) is 5.75 Å². The number of hydrogen-bond donors (Lipinski definition) is 1. The molecule has 0 aromatic heterocycles. The fourth-order valence-corrected chi connectivity index (χ4v) is 6.13. The van der Waals surface area contributed by atoms with Gasteiger partial charge in [-0.05, 0) is 61.4 Å². The summed E-state index contributed by atoms with van der Waals surface area (Å²) >= 11 is 0. The first kappa shape index (κ1) is 23.3. The van der Waals surface area contributed by atoms with E-state index in [2.05, 4.69) is 11.4 Å². The van der Waals surface area contributed by atoms with E-state index < -0.39 is 28.5 Å². The summed E-state index contributed by atoms with van der Waals surface area (Å²) in [6.45, 7) is 0.424. The Morgan fingerprint density at radius 1 is 1.09 bits per heavy atom. The average Bonchev–Trinajstić information content (AvgIpc) is 3.38. The minimum Gasteiger partial charge on any atom is -0.495 e. The van der Waals surface area contributed by atoms with Gasteiger partial charge in [0.1, 0.15) is 10.6 Å². The monoisotopic (exact) mass is 472 g/mol. The van der Waals surface area contributed by atoms with E-state index in [0.717, 1.165) is 37.7 Å². The molecule has 1 atom stereocenters. The highest BCUT2D eigenvalue weighted by molar-refractivity contribution is 7.89. The molecule has 1 heterocycles. The number of hydrogen-bond acceptors (Lipinski definition) is 6. The summed E-state index contributed by atoms with van der Waals surface area (Å²) in [5.74, 6) is -1.01. The van der Waals surface area contributed by atoms with Crippen LogP contribution in [0.25, 0.3) is 0 Å². The van der Waals surface area contributed by atoms with Crippen molar-refractivity contribution in [1.29, 1.82) is 0 Å². The van der Waals surface area contributed by atoms with Crippen LogP contribution < -0.4 is 10.1 Å². The Balaban J connectivity index is 1.42. The van der Waals surface area contributed by atoms with Crippen molar-refractivity contribution in [1.82, 2.24) is 9.62 Å². The summed E-state index contributed by atoms with van der Waals surface area (Å²) in [7, 11) is -2.42. The van der Waals surface area contributed by atoms with E-state index in [1.165, 1.54) is 35.2 Å². The van der Waals surface area contributed by atoms with Crippen LogP contribution in [0, 0.1) is 0 Å². The molecule has 2 aromatic rings. The molecule has 0 bridgehead atoms. The van der Waals surface area contributed by atoms with Crippen molar-refractivity contribution in [3.8, 4) is 5.75 Å². The van der Waals surface area contributed by atoms with E-state index in [1.54, 1.807) is 0 Å². The molecular formula is C24H28N2O6S. The Labute approximate surface area is 193 Å². The molecule has 0 radical (unpaired) electrons. The number of aryl methyl sites for hydroxylation is 1. The summed E-state index contributed by atoms with van der Waals surface area (Å²) in [6, 6.07) is 12.0. The van der Waals surface area contributed by atoms with Gasteiger partial charge >= 0.3 is 5.97 Å². The molecule has 1 amide bonds. The van der Waals surface area contributed by atoms with E-state index >= 15 is 0 Å². The normalized spacial score (nSPS) is 18.4. The lowest BCUT2D eigenvalue weighted by atomic mass is 9.88. The van der Waals surface area contributed by atoms with Gasteiger partial charge in [0.15, 0.2) is 6.61 Å². The van der Waals surface area contributed by atoms with Crippen LogP contribution in [-0.2, 0) is 26.0 Å². The maximum atomic E-state index is 13.0. The molecule has 2 aliphatic rings. The van der Waals surface area contributed by atoms with E-state index in [4.69, 9.17) is 9.47 Å². The van der Waals surface area contributed by atoms with Crippen molar-refractivity contribution in [3.63, 3.8) is 0 Å². The quantitative estimate of drug-likeness (QED) is 0.622. The summed E-state index contributed by atoms with van der Waals surface area (Å²) in [5, 5.41) is 2.93. The van der Waals surface area contributed by atoms with Gasteiger partial charge in [-0.3, -0.25) is 4.79 Å². The lowest BCUT2D eigenvalue weighted by Gasteiger charge is -2.26. The smallest absolute Gasteiger partial charge is 0.338 e. The number of carbonyl (C=O) groups excluding carboxylic acids is 2. The third-order valence-electron chi connectivity index (χ3n) is 6.12. The molecule has 4 rings (SSSR count). The predicted molar refractivity (Wildman–Crippen MR) is 122 cm³/mol. The van der Waals surface area contributed by atoms with Gasteiger partial charge in [-0.25, -0.2) is 13.2 Å². The van der Waals surface area contributed by atoms with E-state index in [9.17, 15) is 18.0 Å². The third kappa shape index (κ3) is 5.04. The number of rotatable bonds is 7. The van der Waals surface area contributed by atoms with Gasteiger partial charge in [0, 0.05) is 13.1 Å². The first-order chi connectivity index (χ1) is 15.9. The number of fused-ring (bicyclic) bond motifs is 1. The third-order valence-corrected chi connectivity index (χ3v) is 8.04. The van der Waals surface area contributed by atoms with Crippen LogP contribution in [0.3, 0.4) is 0 Å². The van der Waals surface area contributed by atoms with Gasteiger partial charge in [-0.15, -0.1) is 0 Å². The number of nitrogens with one attached hydrogen (secondary N) is 1. The summed E-state index contributed by atoms with van der Waals surface area (Å²) in [5.41, 5.74) is 2.36. The van der Waals surface area contributed by atoms with E-state index in [1.807, 2.05) is 18.2 Å². The molecule has 0 saturated carbocycles. The van der Waals surface area contributed by atoms with Crippen LogP contribution in [0.15, 0.2) is 47.4 Å². The molecule has 1 saturated heterocycles. The van der Waals surface area contributed by atoms with Gasteiger partial charge in [-0.1, -0.05) is 24.3 Å². The SMILES string of the molecule is COc1ccc(C(=O)OCC(=O)N[C@@H]2CCCc3ccccc32)cc1S(=O)(=O)N1CCCC1. The number of amides is 1. The highest BCUT2D eigenvalue weighted by atomic mass is 32.2. The highest BCUT2D eigenvalue weighted by Crippen LogP contribution is 2.31. The fraction of sp³-hybridized carbons (Fsp3) is 0.417. The number of benzene rings is 2. The lowest BCUT2D eigenvalue weighted by molar-refractivity contribution is -0.125. The van der Waals surface area contributed by atoms with Crippen LogP contribution in [0.1, 0.15) is 53.2 Å².